The van der Waals surface area contributed by atoms with Crippen molar-refractivity contribution in [1.29, 1.82) is 0 Å². The fourth-order valence-electron chi connectivity index (χ4n) is 1.47. The standard InChI is InChI=1S/C12H23N3O/c1-6-12(13,7-2)11-14-10(16-15-11)9(5)8(3)4/h8-9H,6-7,13H2,1-5H3. The maximum absolute atomic E-state index is 6.22. The van der Waals surface area contributed by atoms with Gasteiger partial charge in [-0.1, -0.05) is 39.8 Å². The van der Waals surface area contributed by atoms with Crippen molar-refractivity contribution < 1.29 is 4.52 Å². The molecule has 0 aliphatic rings. The van der Waals surface area contributed by atoms with Crippen molar-refractivity contribution in [3.05, 3.63) is 11.7 Å². The lowest BCUT2D eigenvalue weighted by atomic mass is 9.93. The van der Waals surface area contributed by atoms with Crippen molar-refractivity contribution in [2.24, 2.45) is 11.7 Å². The number of nitrogens with two attached hydrogens (primary N) is 1. The molecule has 0 saturated carbocycles. The zero-order valence-electron chi connectivity index (χ0n) is 10.9. The van der Waals surface area contributed by atoms with Crippen LogP contribution in [0.5, 0.6) is 0 Å². The summed E-state index contributed by atoms with van der Waals surface area (Å²) in [5.74, 6) is 2.10. The van der Waals surface area contributed by atoms with E-state index in [0.717, 1.165) is 12.8 Å². The van der Waals surface area contributed by atoms with Crippen molar-refractivity contribution >= 4 is 0 Å². The van der Waals surface area contributed by atoms with Crippen molar-refractivity contribution in [2.75, 3.05) is 0 Å². The first kappa shape index (κ1) is 13.2. The van der Waals surface area contributed by atoms with Gasteiger partial charge in [0.05, 0.1) is 5.54 Å². The highest BCUT2D eigenvalue weighted by Gasteiger charge is 2.30. The third kappa shape index (κ3) is 2.43. The van der Waals surface area contributed by atoms with Crippen LogP contribution in [0.15, 0.2) is 4.52 Å². The van der Waals surface area contributed by atoms with Crippen LogP contribution in [0.2, 0.25) is 0 Å². The molecule has 2 N–H and O–H groups in total. The van der Waals surface area contributed by atoms with E-state index in [1.807, 2.05) is 13.8 Å². The van der Waals surface area contributed by atoms with E-state index in [-0.39, 0.29) is 5.92 Å². The molecule has 0 aromatic carbocycles. The van der Waals surface area contributed by atoms with Crippen LogP contribution < -0.4 is 5.73 Å². The summed E-state index contributed by atoms with van der Waals surface area (Å²) >= 11 is 0. The van der Waals surface area contributed by atoms with E-state index in [1.54, 1.807) is 0 Å². The summed E-state index contributed by atoms with van der Waals surface area (Å²) in [6.45, 7) is 10.5. The van der Waals surface area contributed by atoms with E-state index >= 15 is 0 Å². The van der Waals surface area contributed by atoms with Gasteiger partial charge in [0.15, 0.2) is 5.82 Å². The molecule has 1 rings (SSSR count). The molecule has 0 saturated heterocycles. The van der Waals surface area contributed by atoms with Gasteiger partial charge in [-0.2, -0.15) is 4.98 Å². The quantitative estimate of drug-likeness (QED) is 0.836. The smallest absolute Gasteiger partial charge is 0.229 e. The molecule has 0 amide bonds. The lowest BCUT2D eigenvalue weighted by Gasteiger charge is -2.21. The lowest BCUT2D eigenvalue weighted by Crippen LogP contribution is -2.36. The molecule has 1 aromatic heterocycles. The fourth-order valence-corrected chi connectivity index (χ4v) is 1.47. The highest BCUT2D eigenvalue weighted by Crippen LogP contribution is 2.27. The van der Waals surface area contributed by atoms with Gasteiger partial charge in [-0.25, -0.2) is 0 Å². The van der Waals surface area contributed by atoms with Crippen LogP contribution in [0.25, 0.3) is 0 Å². The predicted molar refractivity (Wildman–Crippen MR) is 64.0 cm³/mol. The second-order valence-electron chi connectivity index (χ2n) is 4.85. The second-order valence-corrected chi connectivity index (χ2v) is 4.85. The van der Waals surface area contributed by atoms with E-state index in [0.29, 0.717) is 17.6 Å². The molecule has 0 spiro atoms. The first-order valence-corrected chi connectivity index (χ1v) is 6.07. The largest absolute Gasteiger partial charge is 0.339 e. The molecule has 1 unspecified atom stereocenters. The lowest BCUT2D eigenvalue weighted by molar-refractivity contribution is 0.313. The van der Waals surface area contributed by atoms with Gasteiger partial charge in [0.1, 0.15) is 0 Å². The minimum Gasteiger partial charge on any atom is -0.339 e. The highest BCUT2D eigenvalue weighted by molar-refractivity contribution is 5.04. The number of aromatic nitrogens is 2. The van der Waals surface area contributed by atoms with Gasteiger partial charge in [0.25, 0.3) is 0 Å². The monoisotopic (exact) mass is 225 g/mol. The van der Waals surface area contributed by atoms with Gasteiger partial charge >= 0.3 is 0 Å². The summed E-state index contributed by atoms with van der Waals surface area (Å²) in [6, 6.07) is 0. The maximum atomic E-state index is 6.22. The third-order valence-corrected chi connectivity index (χ3v) is 3.54. The van der Waals surface area contributed by atoms with Crippen LogP contribution in [0, 0.1) is 5.92 Å². The Morgan fingerprint density at radius 2 is 1.81 bits per heavy atom. The second kappa shape index (κ2) is 4.95. The molecular weight excluding hydrogens is 202 g/mol. The summed E-state index contributed by atoms with van der Waals surface area (Å²) in [6.07, 6.45) is 1.64. The molecule has 1 heterocycles. The molecule has 0 aliphatic heterocycles. The molecule has 1 atom stereocenters. The molecule has 16 heavy (non-hydrogen) atoms. The molecule has 0 bridgehead atoms. The van der Waals surface area contributed by atoms with Crippen LogP contribution >= 0.6 is 0 Å². The van der Waals surface area contributed by atoms with Gasteiger partial charge in [-0.05, 0) is 18.8 Å². The fraction of sp³-hybridized carbons (Fsp3) is 0.833. The Morgan fingerprint density at radius 3 is 2.25 bits per heavy atom. The van der Waals surface area contributed by atoms with Gasteiger partial charge in [-0.3, -0.25) is 0 Å². The van der Waals surface area contributed by atoms with Crippen molar-refractivity contribution in [2.45, 2.75) is 58.9 Å². The summed E-state index contributed by atoms with van der Waals surface area (Å²) < 4.78 is 5.30. The van der Waals surface area contributed by atoms with Crippen molar-refractivity contribution in [3.63, 3.8) is 0 Å². The molecule has 1 aromatic rings. The van der Waals surface area contributed by atoms with Crippen LogP contribution in [-0.2, 0) is 5.54 Å². The molecule has 4 nitrogen and oxygen atoms in total. The normalized spacial score (nSPS) is 14.4. The Morgan fingerprint density at radius 1 is 1.25 bits per heavy atom. The van der Waals surface area contributed by atoms with Gasteiger partial charge < -0.3 is 10.3 Å². The Balaban J connectivity index is 2.94. The number of rotatable bonds is 5. The molecule has 4 heteroatoms. The first-order valence-electron chi connectivity index (χ1n) is 6.07. The predicted octanol–water partition coefficient (Wildman–Crippen LogP) is 2.80. The number of nitrogens with zero attached hydrogens (tertiary/aromatic N) is 2. The van der Waals surface area contributed by atoms with Gasteiger partial charge in [0.2, 0.25) is 5.89 Å². The van der Waals surface area contributed by atoms with E-state index in [1.165, 1.54) is 0 Å². The molecule has 0 fully saturated rings. The molecular formula is C12H23N3O. The Hall–Kier alpha value is -0.900. The SMILES string of the molecule is CCC(N)(CC)c1noc(C(C)C(C)C)n1. The van der Waals surface area contributed by atoms with Crippen molar-refractivity contribution in [3.8, 4) is 0 Å². The number of hydrogen-bond donors (Lipinski definition) is 1. The van der Waals surface area contributed by atoms with Crippen LogP contribution in [0.3, 0.4) is 0 Å². The van der Waals surface area contributed by atoms with E-state index in [4.69, 9.17) is 10.3 Å². The van der Waals surface area contributed by atoms with E-state index < -0.39 is 5.54 Å². The highest BCUT2D eigenvalue weighted by atomic mass is 16.5. The molecule has 0 aliphatic carbocycles. The number of hydrogen-bond acceptors (Lipinski definition) is 4. The van der Waals surface area contributed by atoms with Gasteiger partial charge in [-0.15, -0.1) is 0 Å². The van der Waals surface area contributed by atoms with Gasteiger partial charge in [0, 0.05) is 5.92 Å². The Labute approximate surface area is 97.6 Å². The zero-order chi connectivity index (χ0) is 12.3. The summed E-state index contributed by atoms with van der Waals surface area (Å²) in [5, 5.41) is 4.02. The van der Waals surface area contributed by atoms with Crippen molar-refractivity contribution in [1.82, 2.24) is 10.1 Å². The Bertz CT molecular complexity index is 329. The van der Waals surface area contributed by atoms with Crippen LogP contribution in [0.1, 0.15) is 65.1 Å². The summed E-state index contributed by atoms with van der Waals surface area (Å²) in [4.78, 5) is 4.44. The zero-order valence-corrected chi connectivity index (χ0v) is 10.9. The van der Waals surface area contributed by atoms with Crippen LogP contribution in [-0.4, -0.2) is 10.1 Å². The third-order valence-electron chi connectivity index (χ3n) is 3.54. The molecule has 0 radical (unpaired) electrons. The first-order chi connectivity index (χ1) is 7.44. The van der Waals surface area contributed by atoms with Crippen LogP contribution in [0.4, 0.5) is 0 Å². The maximum Gasteiger partial charge on any atom is 0.229 e. The Kier molecular flexibility index (Phi) is 4.08. The minimum absolute atomic E-state index is 0.277. The van der Waals surface area contributed by atoms with E-state index in [2.05, 4.69) is 30.9 Å². The van der Waals surface area contributed by atoms with E-state index in [9.17, 15) is 0 Å². The minimum atomic E-state index is -0.446. The average molecular weight is 225 g/mol. The topological polar surface area (TPSA) is 64.9 Å². The summed E-state index contributed by atoms with van der Waals surface area (Å²) in [5.41, 5.74) is 5.78. The summed E-state index contributed by atoms with van der Waals surface area (Å²) in [7, 11) is 0. The average Bonchev–Trinajstić information content (AvgIpc) is 2.76. The molecule has 92 valence electrons.